The molecule has 332 valence electrons. The maximum absolute atomic E-state index is 2.75. The summed E-state index contributed by atoms with van der Waals surface area (Å²) in [6, 6.07) is 41.5. The first-order valence-corrected chi connectivity index (χ1v) is 25.5. The van der Waals surface area contributed by atoms with Crippen LogP contribution in [0.4, 0.5) is 28.4 Å². The number of thiophene rings is 1. The molecule has 4 heteroatoms. The number of fused-ring (bicyclic) bond motifs is 10. The average Bonchev–Trinajstić information content (AvgIpc) is 3.66. The van der Waals surface area contributed by atoms with Gasteiger partial charge in [-0.2, -0.15) is 0 Å². The molecule has 2 aliphatic heterocycles. The molecule has 0 fully saturated rings. The summed E-state index contributed by atoms with van der Waals surface area (Å²) in [5.74, 6) is 0. The molecule has 3 heterocycles. The largest absolute Gasteiger partial charge is 0.311 e. The number of allylic oxidation sites excluding steroid dienone is 1. The molecule has 2 nitrogen and oxygen atoms in total. The lowest BCUT2D eigenvalue weighted by atomic mass is 9.32. The van der Waals surface area contributed by atoms with E-state index in [1.54, 1.807) is 0 Å². The molecule has 3 aliphatic carbocycles. The first-order valence-electron chi connectivity index (χ1n) is 24.7. The summed E-state index contributed by atoms with van der Waals surface area (Å²) in [7, 11) is 0. The fourth-order valence-electron chi connectivity index (χ4n) is 13.2. The van der Waals surface area contributed by atoms with Crippen LogP contribution in [0.3, 0.4) is 0 Å². The zero-order valence-corrected chi connectivity index (χ0v) is 42.4. The van der Waals surface area contributed by atoms with Crippen molar-refractivity contribution in [2.45, 2.75) is 143 Å². The monoisotopic (exact) mass is 880 g/mol. The van der Waals surface area contributed by atoms with E-state index in [1.807, 2.05) is 11.3 Å². The number of hydrogen-bond acceptors (Lipinski definition) is 3. The standard InChI is InChI=1S/C62H65BN2S/c1-36-29-52-57-53(30-36)65(49-22-18-24-55-56(49)39-19-14-17-23-54(39)66-55)51-35-45-44(61(10,11)40-20-15-16-21-41(40)62(45,12)13)33-47(51)63(57)46-32-38(58(3,4)5)25-26-48(46)64(52)50-34-43-42(31-37(50)2)59(6,7)27-28-60(43,8)9/h14-17,19-23,25-26,29-35H,18,24,27-28H2,1-13H3. The molecule has 12 rings (SSSR count). The van der Waals surface area contributed by atoms with Crippen LogP contribution >= 0.6 is 11.3 Å². The van der Waals surface area contributed by atoms with Gasteiger partial charge in [0.25, 0.3) is 6.71 Å². The van der Waals surface area contributed by atoms with Gasteiger partial charge in [-0.3, -0.25) is 0 Å². The van der Waals surface area contributed by atoms with E-state index in [2.05, 4.69) is 209 Å². The Morgan fingerprint density at radius 2 is 1.15 bits per heavy atom. The Hall–Kier alpha value is -5.32. The summed E-state index contributed by atoms with van der Waals surface area (Å²) in [6.45, 7) is 31.6. The topological polar surface area (TPSA) is 6.48 Å². The predicted octanol–water partition coefficient (Wildman–Crippen LogP) is 14.9. The molecular weight excluding hydrogens is 816 g/mol. The van der Waals surface area contributed by atoms with Crippen LogP contribution in [0.15, 0.2) is 109 Å². The van der Waals surface area contributed by atoms with Crippen LogP contribution in [0.2, 0.25) is 0 Å². The van der Waals surface area contributed by atoms with Gasteiger partial charge >= 0.3 is 0 Å². The van der Waals surface area contributed by atoms with Gasteiger partial charge in [-0.05, 0) is 159 Å². The predicted molar refractivity (Wildman–Crippen MR) is 287 cm³/mol. The number of aryl methyl sites for hydroxylation is 3. The molecule has 66 heavy (non-hydrogen) atoms. The third-order valence-electron chi connectivity index (χ3n) is 17.1. The highest BCUT2D eigenvalue weighted by molar-refractivity contribution is 7.19. The van der Waals surface area contributed by atoms with Crippen LogP contribution in [0.25, 0.3) is 15.8 Å². The van der Waals surface area contributed by atoms with E-state index in [9.17, 15) is 0 Å². The zero-order valence-electron chi connectivity index (χ0n) is 41.6. The Morgan fingerprint density at radius 1 is 0.561 bits per heavy atom. The molecule has 0 spiro atoms. The van der Waals surface area contributed by atoms with Crippen molar-refractivity contribution in [3.8, 4) is 0 Å². The van der Waals surface area contributed by atoms with Crippen molar-refractivity contribution >= 4 is 78.7 Å². The van der Waals surface area contributed by atoms with E-state index in [0.29, 0.717) is 0 Å². The first-order chi connectivity index (χ1) is 31.2. The Labute approximate surface area is 398 Å². The van der Waals surface area contributed by atoms with Crippen molar-refractivity contribution in [1.82, 2.24) is 0 Å². The Kier molecular flexibility index (Phi) is 8.70. The highest BCUT2D eigenvalue weighted by Crippen LogP contribution is 2.55. The highest BCUT2D eigenvalue weighted by Gasteiger charge is 2.49. The van der Waals surface area contributed by atoms with E-state index >= 15 is 0 Å². The van der Waals surface area contributed by atoms with Crippen molar-refractivity contribution in [1.29, 1.82) is 0 Å². The summed E-state index contributed by atoms with van der Waals surface area (Å²) in [6.07, 6.45) is 7.08. The minimum Gasteiger partial charge on any atom is -0.311 e. The van der Waals surface area contributed by atoms with Gasteiger partial charge in [-0.1, -0.05) is 149 Å². The van der Waals surface area contributed by atoms with Gasteiger partial charge in [-0.15, -0.1) is 11.3 Å². The molecule has 6 aromatic carbocycles. The fourth-order valence-corrected chi connectivity index (χ4v) is 14.4. The van der Waals surface area contributed by atoms with Crippen LogP contribution < -0.4 is 26.2 Å². The summed E-state index contributed by atoms with van der Waals surface area (Å²) in [4.78, 5) is 6.95. The molecule has 0 saturated carbocycles. The lowest BCUT2D eigenvalue weighted by molar-refractivity contribution is 0.332. The second kappa shape index (κ2) is 13.7. The zero-order chi connectivity index (χ0) is 46.2. The number of rotatable bonds is 2. The second-order valence-electron chi connectivity index (χ2n) is 24.1. The summed E-state index contributed by atoms with van der Waals surface area (Å²) in [5.41, 5.74) is 26.2. The van der Waals surface area contributed by atoms with Crippen molar-refractivity contribution in [2.75, 3.05) is 9.80 Å². The highest BCUT2D eigenvalue weighted by atomic mass is 32.1. The minimum absolute atomic E-state index is 0.0218. The van der Waals surface area contributed by atoms with E-state index in [1.165, 1.54) is 134 Å². The Balaban J connectivity index is 1.21. The van der Waals surface area contributed by atoms with Crippen molar-refractivity contribution in [3.63, 3.8) is 0 Å². The molecule has 7 aromatic rings. The molecule has 0 saturated heterocycles. The van der Waals surface area contributed by atoms with Gasteiger partial charge in [0.15, 0.2) is 0 Å². The second-order valence-corrected chi connectivity index (χ2v) is 25.2. The molecule has 1 aromatic heterocycles. The summed E-state index contributed by atoms with van der Waals surface area (Å²) < 4.78 is 1.38. The van der Waals surface area contributed by atoms with Crippen molar-refractivity contribution < 1.29 is 0 Å². The quantitative estimate of drug-likeness (QED) is 0.160. The Morgan fingerprint density at radius 3 is 1.83 bits per heavy atom. The summed E-state index contributed by atoms with van der Waals surface area (Å²) in [5, 5.41) is 1.37. The molecule has 0 atom stereocenters. The van der Waals surface area contributed by atoms with Gasteiger partial charge in [0.1, 0.15) is 0 Å². The lowest BCUT2D eigenvalue weighted by Gasteiger charge is -2.49. The third-order valence-corrected chi connectivity index (χ3v) is 18.4. The third kappa shape index (κ3) is 5.73. The van der Waals surface area contributed by atoms with Gasteiger partial charge in [0.05, 0.1) is 5.70 Å². The summed E-state index contributed by atoms with van der Waals surface area (Å²) >= 11 is 2.00. The van der Waals surface area contributed by atoms with Crippen molar-refractivity contribution in [3.05, 3.63) is 170 Å². The molecule has 0 N–H and O–H groups in total. The maximum Gasteiger partial charge on any atom is 0.252 e. The van der Waals surface area contributed by atoms with Crippen LogP contribution in [0.5, 0.6) is 0 Å². The van der Waals surface area contributed by atoms with E-state index in [4.69, 9.17) is 0 Å². The smallest absolute Gasteiger partial charge is 0.252 e. The number of anilines is 5. The van der Waals surface area contributed by atoms with Crippen LogP contribution in [0.1, 0.15) is 156 Å². The maximum atomic E-state index is 2.75. The van der Waals surface area contributed by atoms with Crippen LogP contribution in [-0.4, -0.2) is 6.71 Å². The van der Waals surface area contributed by atoms with Crippen LogP contribution in [-0.2, 0) is 33.5 Å². The van der Waals surface area contributed by atoms with Gasteiger partial charge in [0, 0.05) is 59.8 Å². The van der Waals surface area contributed by atoms with Gasteiger partial charge < -0.3 is 9.80 Å². The minimum atomic E-state index is -0.186. The molecule has 5 aliphatic rings. The molecule has 0 amide bonds. The normalized spacial score (nSPS) is 18.9. The lowest BCUT2D eigenvalue weighted by Crippen LogP contribution is -2.62. The van der Waals surface area contributed by atoms with Crippen LogP contribution in [0, 0.1) is 13.8 Å². The molecular formula is C62H65BN2S. The van der Waals surface area contributed by atoms with E-state index in [-0.39, 0.29) is 33.8 Å². The van der Waals surface area contributed by atoms with E-state index in [0.717, 1.165) is 12.8 Å². The molecule has 0 unspecified atom stereocenters. The average molecular weight is 881 g/mol. The van der Waals surface area contributed by atoms with Gasteiger partial charge in [0.2, 0.25) is 0 Å². The molecule has 0 radical (unpaired) electrons. The number of hydrogen-bond donors (Lipinski definition) is 0. The number of nitrogens with zero attached hydrogens (tertiary/aromatic N) is 2. The number of benzene rings is 6. The first kappa shape index (κ1) is 42.1. The van der Waals surface area contributed by atoms with E-state index < -0.39 is 0 Å². The SMILES string of the molecule is Cc1cc2c3c(c1)N(c1cc4c(cc1C)C(C)(C)CCC4(C)C)c1ccc(C(C)(C)C)cc1B3c1cc3c(cc1N2C1=CCCc2sc4ccccc4c21)C(C)(C)c1ccccc1C3(C)C. The Bertz CT molecular complexity index is 3290. The fraction of sp³-hybridized carbons (Fsp3) is 0.355. The van der Waals surface area contributed by atoms with Gasteiger partial charge in [-0.25, -0.2) is 0 Å². The van der Waals surface area contributed by atoms with Crippen molar-refractivity contribution in [2.24, 2.45) is 0 Å². The molecule has 0 bridgehead atoms.